The van der Waals surface area contributed by atoms with E-state index in [-0.39, 0.29) is 18.2 Å². The largest absolute Gasteiger partial charge is 0.475 e. The van der Waals surface area contributed by atoms with Crippen molar-refractivity contribution in [1.29, 1.82) is 0 Å². The molecule has 35 heavy (non-hydrogen) atoms. The summed E-state index contributed by atoms with van der Waals surface area (Å²) in [6, 6.07) is 12.5. The highest BCUT2D eigenvalue weighted by Gasteiger charge is 2.30. The van der Waals surface area contributed by atoms with Gasteiger partial charge in [-0.3, -0.25) is 0 Å². The Kier molecular flexibility index (Phi) is 6.47. The number of imidazole rings is 1. The molecule has 0 fully saturated rings. The van der Waals surface area contributed by atoms with Crippen LogP contribution in [0.2, 0.25) is 0 Å². The number of carboxylic acid groups (broad SMARTS) is 1. The van der Waals surface area contributed by atoms with Gasteiger partial charge >= 0.3 is 12.1 Å². The molecule has 0 aliphatic carbocycles. The van der Waals surface area contributed by atoms with Gasteiger partial charge in [-0.1, -0.05) is 42.8 Å². The van der Waals surface area contributed by atoms with Gasteiger partial charge in [-0.2, -0.15) is 13.2 Å². The maximum absolute atomic E-state index is 13.1. The van der Waals surface area contributed by atoms with Crippen molar-refractivity contribution >= 4 is 23.0 Å². The molecule has 10 heteroatoms. The molecule has 0 aliphatic rings. The molecule has 0 spiro atoms. The van der Waals surface area contributed by atoms with Crippen LogP contribution in [0.5, 0.6) is 0 Å². The van der Waals surface area contributed by atoms with Gasteiger partial charge in [-0.05, 0) is 44.0 Å². The second kappa shape index (κ2) is 9.36. The topological polar surface area (TPSA) is 92.9 Å². The molecule has 7 nitrogen and oxygen atoms in total. The van der Waals surface area contributed by atoms with Gasteiger partial charge in [0.1, 0.15) is 11.3 Å². The number of aromatic nitrogens is 4. The third-order valence-electron chi connectivity index (χ3n) is 5.69. The van der Waals surface area contributed by atoms with Gasteiger partial charge in [0.05, 0.1) is 5.56 Å². The molecule has 0 radical (unpaired) electrons. The van der Waals surface area contributed by atoms with Crippen molar-refractivity contribution in [3.8, 4) is 11.4 Å². The average molecular weight is 483 g/mol. The SMILES string of the molecule is CC[C@@H](C)Nc1nc(C(=O)O)nc2nc(-c3cccc(C)c3)n(Cc3ccc(C(F)(F)F)cc3)c12. The third kappa shape index (κ3) is 5.11. The van der Waals surface area contributed by atoms with Crippen molar-refractivity contribution in [2.75, 3.05) is 5.32 Å². The van der Waals surface area contributed by atoms with E-state index in [1.54, 1.807) is 0 Å². The molecule has 2 N–H and O–H groups in total. The van der Waals surface area contributed by atoms with E-state index in [2.05, 4.69) is 20.3 Å². The number of hydrogen-bond donors (Lipinski definition) is 2. The maximum Gasteiger partial charge on any atom is 0.416 e. The summed E-state index contributed by atoms with van der Waals surface area (Å²) in [7, 11) is 0. The molecule has 0 bridgehead atoms. The first-order chi connectivity index (χ1) is 16.6. The zero-order chi connectivity index (χ0) is 25.3. The lowest BCUT2D eigenvalue weighted by Crippen LogP contribution is -2.18. The van der Waals surface area contributed by atoms with E-state index >= 15 is 0 Å². The number of anilines is 1. The summed E-state index contributed by atoms with van der Waals surface area (Å²) in [6.45, 7) is 6.03. The van der Waals surface area contributed by atoms with Gasteiger partial charge in [0, 0.05) is 18.2 Å². The maximum atomic E-state index is 13.1. The molecule has 0 amide bonds. The molecule has 0 unspecified atom stereocenters. The number of nitrogens with zero attached hydrogens (tertiary/aromatic N) is 4. The predicted molar refractivity (Wildman–Crippen MR) is 126 cm³/mol. The zero-order valence-corrected chi connectivity index (χ0v) is 19.4. The lowest BCUT2D eigenvalue weighted by Gasteiger charge is -2.16. The molecule has 1 atom stereocenters. The Bertz CT molecular complexity index is 1380. The summed E-state index contributed by atoms with van der Waals surface area (Å²) < 4.78 is 41.0. The minimum atomic E-state index is -4.43. The summed E-state index contributed by atoms with van der Waals surface area (Å²) in [4.78, 5) is 24.7. The minimum absolute atomic E-state index is 0.0217. The fraction of sp³-hybridized carbons (Fsp3) is 0.280. The molecule has 2 aromatic heterocycles. The number of hydrogen-bond acceptors (Lipinski definition) is 5. The van der Waals surface area contributed by atoms with Crippen molar-refractivity contribution in [1.82, 2.24) is 19.5 Å². The first-order valence-electron chi connectivity index (χ1n) is 11.1. The Morgan fingerprint density at radius 3 is 2.43 bits per heavy atom. The van der Waals surface area contributed by atoms with Crippen molar-refractivity contribution < 1.29 is 23.1 Å². The fourth-order valence-electron chi connectivity index (χ4n) is 3.71. The number of aryl methyl sites for hydroxylation is 1. The van der Waals surface area contributed by atoms with Crippen LogP contribution in [0.4, 0.5) is 19.0 Å². The molecule has 0 saturated carbocycles. The summed E-state index contributed by atoms with van der Waals surface area (Å²) in [6.07, 6.45) is -3.67. The van der Waals surface area contributed by atoms with E-state index in [1.165, 1.54) is 12.1 Å². The Morgan fingerprint density at radius 1 is 1.11 bits per heavy atom. The average Bonchev–Trinajstić information content (AvgIpc) is 3.17. The first-order valence-corrected chi connectivity index (χ1v) is 11.1. The summed E-state index contributed by atoms with van der Waals surface area (Å²) >= 11 is 0. The van der Waals surface area contributed by atoms with Crippen LogP contribution in [0.3, 0.4) is 0 Å². The lowest BCUT2D eigenvalue weighted by molar-refractivity contribution is -0.137. The van der Waals surface area contributed by atoms with Crippen LogP contribution in [-0.2, 0) is 12.7 Å². The Hall–Kier alpha value is -3.95. The van der Waals surface area contributed by atoms with Crippen molar-refractivity contribution in [3.63, 3.8) is 0 Å². The Balaban J connectivity index is 1.94. The molecular weight excluding hydrogens is 459 g/mol. The zero-order valence-electron chi connectivity index (χ0n) is 19.4. The number of fused-ring (bicyclic) bond motifs is 1. The van der Waals surface area contributed by atoms with E-state index in [0.717, 1.165) is 29.7 Å². The fourth-order valence-corrected chi connectivity index (χ4v) is 3.71. The van der Waals surface area contributed by atoms with Crippen LogP contribution in [-0.4, -0.2) is 36.6 Å². The Morgan fingerprint density at radius 2 is 1.83 bits per heavy atom. The smallest absolute Gasteiger partial charge is 0.416 e. The van der Waals surface area contributed by atoms with Crippen LogP contribution < -0.4 is 5.32 Å². The lowest BCUT2D eigenvalue weighted by atomic mass is 10.1. The van der Waals surface area contributed by atoms with Gasteiger partial charge in [0.25, 0.3) is 0 Å². The number of benzene rings is 2. The molecule has 0 aliphatic heterocycles. The number of halogens is 3. The van der Waals surface area contributed by atoms with Gasteiger partial charge < -0.3 is 15.0 Å². The van der Waals surface area contributed by atoms with Crippen LogP contribution >= 0.6 is 0 Å². The predicted octanol–water partition coefficient (Wildman–Crippen LogP) is 5.78. The second-order valence-electron chi connectivity index (χ2n) is 8.41. The highest BCUT2D eigenvalue weighted by molar-refractivity contribution is 5.92. The Labute approximate surface area is 199 Å². The van der Waals surface area contributed by atoms with E-state index in [4.69, 9.17) is 0 Å². The molecule has 2 heterocycles. The molecule has 182 valence electrons. The second-order valence-corrected chi connectivity index (χ2v) is 8.41. The normalized spacial score (nSPS) is 12.6. The summed E-state index contributed by atoms with van der Waals surface area (Å²) in [5, 5.41) is 12.8. The summed E-state index contributed by atoms with van der Waals surface area (Å²) in [5.74, 6) is -0.862. The first kappa shape index (κ1) is 24.2. The van der Waals surface area contributed by atoms with Crippen LogP contribution in [0.1, 0.15) is 47.6 Å². The summed E-state index contributed by atoms with van der Waals surface area (Å²) in [5.41, 5.74) is 2.30. The van der Waals surface area contributed by atoms with E-state index in [0.29, 0.717) is 22.7 Å². The highest BCUT2D eigenvalue weighted by Crippen LogP contribution is 2.32. The van der Waals surface area contributed by atoms with Crippen molar-refractivity contribution in [2.24, 2.45) is 0 Å². The molecule has 4 aromatic rings. The molecular formula is C25H24F3N5O2. The van der Waals surface area contributed by atoms with E-state index < -0.39 is 23.5 Å². The number of carbonyl (C=O) groups is 1. The molecule has 0 saturated heterocycles. The highest BCUT2D eigenvalue weighted by atomic mass is 19.4. The van der Waals surface area contributed by atoms with Gasteiger partial charge in [-0.25, -0.2) is 19.7 Å². The number of nitrogens with one attached hydrogen (secondary N) is 1. The standard InChI is InChI=1S/C25H24F3N5O2/c1-4-15(3)29-20-19-21(31-22(30-20)24(34)35)32-23(17-7-5-6-14(2)12-17)33(19)13-16-8-10-18(11-9-16)25(26,27)28/h5-12,15H,4,13H2,1-3H3,(H,34,35)(H,29,30,31)/t15-/m1/s1. The third-order valence-corrected chi connectivity index (χ3v) is 5.69. The minimum Gasteiger partial charge on any atom is -0.475 e. The molecule has 4 rings (SSSR count). The van der Waals surface area contributed by atoms with Crippen molar-refractivity contribution in [2.45, 2.75) is 46.0 Å². The quantitative estimate of drug-likeness (QED) is 0.346. The van der Waals surface area contributed by atoms with Crippen LogP contribution in [0.25, 0.3) is 22.6 Å². The van der Waals surface area contributed by atoms with Gasteiger partial charge in [0.2, 0.25) is 5.82 Å². The number of rotatable bonds is 7. The number of carboxylic acids is 1. The number of alkyl halides is 3. The van der Waals surface area contributed by atoms with Crippen LogP contribution in [0, 0.1) is 6.92 Å². The van der Waals surface area contributed by atoms with Crippen LogP contribution in [0.15, 0.2) is 48.5 Å². The van der Waals surface area contributed by atoms with Crippen molar-refractivity contribution in [3.05, 3.63) is 71.0 Å². The van der Waals surface area contributed by atoms with E-state index in [1.807, 2.05) is 49.6 Å². The van der Waals surface area contributed by atoms with Gasteiger partial charge in [-0.15, -0.1) is 0 Å². The monoisotopic (exact) mass is 483 g/mol. The van der Waals surface area contributed by atoms with E-state index in [9.17, 15) is 23.1 Å². The number of aromatic carboxylic acids is 1. The molecule has 2 aromatic carbocycles. The van der Waals surface area contributed by atoms with Gasteiger partial charge in [0.15, 0.2) is 11.5 Å².